The van der Waals surface area contributed by atoms with E-state index < -0.39 is 0 Å². The Bertz CT molecular complexity index is 1030. The summed E-state index contributed by atoms with van der Waals surface area (Å²) < 4.78 is 2.76. The van der Waals surface area contributed by atoms with Crippen LogP contribution in [0.2, 0.25) is 0 Å². The Morgan fingerprint density at radius 2 is 1.86 bits per heavy atom. The molecule has 1 aliphatic heterocycles. The second kappa shape index (κ2) is 8.21. The number of carbonyl (C=O) groups is 2. The fourth-order valence-electron chi connectivity index (χ4n) is 3.41. The quantitative estimate of drug-likeness (QED) is 0.635. The second-order valence-electron chi connectivity index (χ2n) is 7.23. The predicted molar refractivity (Wildman–Crippen MR) is 116 cm³/mol. The van der Waals surface area contributed by atoms with Crippen molar-refractivity contribution in [3.8, 4) is 0 Å². The third-order valence-electron chi connectivity index (χ3n) is 5.05. The lowest BCUT2D eigenvalue weighted by atomic mass is 10.1. The molecule has 3 aromatic rings. The SMILES string of the molecule is Cc1ccc(N2C[C@@H](C(=O)Nc3ccnn3Cc3ccc(Br)cc3)CC2=O)cc1. The number of halogens is 1. The van der Waals surface area contributed by atoms with E-state index in [0.717, 1.165) is 21.3 Å². The van der Waals surface area contributed by atoms with E-state index in [0.29, 0.717) is 18.9 Å². The molecule has 29 heavy (non-hydrogen) atoms. The lowest BCUT2D eigenvalue weighted by molar-refractivity contribution is -0.122. The van der Waals surface area contributed by atoms with Crippen LogP contribution in [0.15, 0.2) is 65.3 Å². The Balaban J connectivity index is 1.42. The number of carbonyl (C=O) groups excluding carboxylic acids is 2. The molecule has 0 radical (unpaired) electrons. The minimum absolute atomic E-state index is 0.0302. The van der Waals surface area contributed by atoms with E-state index in [1.807, 2.05) is 55.5 Å². The van der Waals surface area contributed by atoms with Crippen molar-refractivity contribution in [3.05, 3.63) is 76.4 Å². The molecular formula is C22H21BrN4O2. The molecule has 0 bridgehead atoms. The minimum Gasteiger partial charge on any atom is -0.312 e. The van der Waals surface area contributed by atoms with Gasteiger partial charge in [0, 0.05) is 29.2 Å². The van der Waals surface area contributed by atoms with Crippen LogP contribution in [0.3, 0.4) is 0 Å². The fourth-order valence-corrected chi connectivity index (χ4v) is 3.68. The highest BCUT2D eigenvalue weighted by Gasteiger charge is 2.35. The van der Waals surface area contributed by atoms with Crippen LogP contribution in [-0.4, -0.2) is 28.1 Å². The summed E-state index contributed by atoms with van der Waals surface area (Å²) in [6.07, 6.45) is 1.87. The normalized spacial score (nSPS) is 16.3. The van der Waals surface area contributed by atoms with Gasteiger partial charge < -0.3 is 10.2 Å². The summed E-state index contributed by atoms with van der Waals surface area (Å²) in [5.41, 5.74) is 3.04. The average molecular weight is 453 g/mol. The van der Waals surface area contributed by atoms with Crippen LogP contribution in [0.4, 0.5) is 11.5 Å². The van der Waals surface area contributed by atoms with Crippen LogP contribution in [-0.2, 0) is 16.1 Å². The number of amides is 2. The van der Waals surface area contributed by atoms with E-state index in [2.05, 4.69) is 26.3 Å². The Hall–Kier alpha value is -2.93. The van der Waals surface area contributed by atoms with Gasteiger partial charge in [0.2, 0.25) is 11.8 Å². The monoisotopic (exact) mass is 452 g/mol. The van der Waals surface area contributed by atoms with Crippen molar-refractivity contribution in [1.82, 2.24) is 9.78 Å². The Morgan fingerprint density at radius 3 is 2.59 bits per heavy atom. The lowest BCUT2D eigenvalue weighted by Gasteiger charge is -2.17. The third kappa shape index (κ3) is 4.40. The van der Waals surface area contributed by atoms with Crippen molar-refractivity contribution >= 4 is 39.2 Å². The molecule has 7 heteroatoms. The van der Waals surface area contributed by atoms with Gasteiger partial charge in [0.15, 0.2) is 0 Å². The predicted octanol–water partition coefficient (Wildman–Crippen LogP) is 3.99. The van der Waals surface area contributed by atoms with Crippen molar-refractivity contribution in [1.29, 1.82) is 0 Å². The first-order valence-electron chi connectivity index (χ1n) is 9.44. The van der Waals surface area contributed by atoms with Crippen LogP contribution in [0, 0.1) is 12.8 Å². The number of benzene rings is 2. The van der Waals surface area contributed by atoms with Crippen molar-refractivity contribution in [2.45, 2.75) is 19.9 Å². The van der Waals surface area contributed by atoms with Gasteiger partial charge in [0.1, 0.15) is 5.82 Å². The Labute approximate surface area is 177 Å². The molecule has 1 saturated heterocycles. The number of anilines is 2. The zero-order valence-electron chi connectivity index (χ0n) is 16.0. The summed E-state index contributed by atoms with van der Waals surface area (Å²) in [5.74, 6) is 0.0434. The Kier molecular flexibility index (Phi) is 5.49. The second-order valence-corrected chi connectivity index (χ2v) is 8.15. The number of hydrogen-bond donors (Lipinski definition) is 1. The summed E-state index contributed by atoms with van der Waals surface area (Å²) in [6, 6.07) is 17.5. The van der Waals surface area contributed by atoms with Crippen molar-refractivity contribution in [2.24, 2.45) is 5.92 Å². The highest BCUT2D eigenvalue weighted by atomic mass is 79.9. The molecule has 0 saturated carbocycles. The number of rotatable bonds is 5. The number of aromatic nitrogens is 2. The van der Waals surface area contributed by atoms with Gasteiger partial charge in [0.05, 0.1) is 18.7 Å². The Morgan fingerprint density at radius 1 is 1.14 bits per heavy atom. The molecule has 2 heterocycles. The number of hydrogen-bond acceptors (Lipinski definition) is 3. The van der Waals surface area contributed by atoms with Gasteiger partial charge in [-0.25, -0.2) is 4.68 Å². The zero-order valence-corrected chi connectivity index (χ0v) is 17.6. The van der Waals surface area contributed by atoms with Crippen LogP contribution in [0.25, 0.3) is 0 Å². The van der Waals surface area contributed by atoms with Crippen molar-refractivity contribution in [3.63, 3.8) is 0 Å². The summed E-state index contributed by atoms with van der Waals surface area (Å²) in [7, 11) is 0. The molecular weight excluding hydrogens is 432 g/mol. The molecule has 0 unspecified atom stereocenters. The van der Waals surface area contributed by atoms with Gasteiger partial charge in [-0.15, -0.1) is 0 Å². The first kappa shape index (κ1) is 19.4. The van der Waals surface area contributed by atoms with Crippen LogP contribution in [0.1, 0.15) is 17.5 Å². The molecule has 1 N–H and O–H groups in total. The molecule has 1 fully saturated rings. The van der Waals surface area contributed by atoms with Crippen LogP contribution in [0.5, 0.6) is 0 Å². The molecule has 1 atom stereocenters. The van der Waals surface area contributed by atoms with E-state index in [-0.39, 0.29) is 24.2 Å². The van der Waals surface area contributed by atoms with Gasteiger partial charge in [-0.2, -0.15) is 5.10 Å². The van der Waals surface area contributed by atoms with E-state index in [4.69, 9.17) is 0 Å². The largest absolute Gasteiger partial charge is 0.312 e. The van der Waals surface area contributed by atoms with Gasteiger partial charge in [-0.3, -0.25) is 9.59 Å². The maximum Gasteiger partial charge on any atom is 0.230 e. The standard InChI is InChI=1S/C22H21BrN4O2/c1-15-2-8-19(9-3-15)26-14-17(12-21(26)28)22(29)25-20-10-11-24-27(20)13-16-4-6-18(23)7-5-16/h2-11,17H,12-14H2,1H3,(H,25,29)/t17-/m0/s1. The maximum atomic E-state index is 12.8. The molecule has 1 aliphatic rings. The molecule has 0 aliphatic carbocycles. The number of aryl methyl sites for hydroxylation is 1. The molecule has 6 nitrogen and oxygen atoms in total. The average Bonchev–Trinajstić information content (AvgIpc) is 3.31. The number of nitrogens with one attached hydrogen (secondary N) is 1. The number of nitrogens with zero attached hydrogens (tertiary/aromatic N) is 3. The van der Waals surface area contributed by atoms with Crippen LogP contribution >= 0.6 is 15.9 Å². The van der Waals surface area contributed by atoms with E-state index in [9.17, 15) is 9.59 Å². The summed E-state index contributed by atoms with van der Waals surface area (Å²) in [6.45, 7) is 2.94. The first-order chi connectivity index (χ1) is 14.0. The highest BCUT2D eigenvalue weighted by molar-refractivity contribution is 9.10. The van der Waals surface area contributed by atoms with Gasteiger partial charge in [0.25, 0.3) is 0 Å². The van der Waals surface area contributed by atoms with E-state index in [1.165, 1.54) is 0 Å². The van der Waals surface area contributed by atoms with Gasteiger partial charge in [-0.1, -0.05) is 45.8 Å². The van der Waals surface area contributed by atoms with Gasteiger partial charge in [-0.05, 0) is 36.8 Å². The topological polar surface area (TPSA) is 67.2 Å². The minimum atomic E-state index is -0.389. The molecule has 2 amide bonds. The van der Waals surface area contributed by atoms with E-state index in [1.54, 1.807) is 21.8 Å². The molecule has 148 valence electrons. The third-order valence-corrected chi connectivity index (χ3v) is 5.58. The fraction of sp³-hybridized carbons (Fsp3) is 0.227. The molecule has 2 aromatic carbocycles. The molecule has 0 spiro atoms. The zero-order chi connectivity index (χ0) is 20.4. The smallest absolute Gasteiger partial charge is 0.230 e. The van der Waals surface area contributed by atoms with Crippen molar-refractivity contribution in [2.75, 3.05) is 16.8 Å². The first-order valence-corrected chi connectivity index (χ1v) is 10.2. The summed E-state index contributed by atoms with van der Waals surface area (Å²) in [4.78, 5) is 26.9. The van der Waals surface area contributed by atoms with E-state index >= 15 is 0 Å². The van der Waals surface area contributed by atoms with Crippen LogP contribution < -0.4 is 10.2 Å². The van der Waals surface area contributed by atoms with Gasteiger partial charge >= 0.3 is 0 Å². The lowest BCUT2D eigenvalue weighted by Crippen LogP contribution is -2.28. The molecule has 1 aromatic heterocycles. The summed E-state index contributed by atoms with van der Waals surface area (Å²) in [5, 5.41) is 7.25. The maximum absolute atomic E-state index is 12.8. The van der Waals surface area contributed by atoms with Crippen molar-refractivity contribution < 1.29 is 9.59 Å². The highest BCUT2D eigenvalue weighted by Crippen LogP contribution is 2.26. The summed E-state index contributed by atoms with van der Waals surface area (Å²) >= 11 is 3.43. The molecule has 4 rings (SSSR count).